The Hall–Kier alpha value is -2.67. The van der Waals surface area contributed by atoms with Crippen LogP contribution < -0.4 is 4.72 Å². The molecule has 3 aromatic rings. The lowest BCUT2D eigenvalue weighted by atomic mass is 10.1. The molecule has 0 fully saturated rings. The third-order valence-corrected chi connectivity index (χ3v) is 5.36. The van der Waals surface area contributed by atoms with Gasteiger partial charge >= 0.3 is 0 Å². The lowest BCUT2D eigenvalue weighted by Gasteiger charge is -2.14. The van der Waals surface area contributed by atoms with Gasteiger partial charge in [-0.25, -0.2) is 18.1 Å². The van der Waals surface area contributed by atoms with Crippen molar-refractivity contribution in [2.45, 2.75) is 25.7 Å². The monoisotopic (exact) mass is 342 g/mol. The van der Waals surface area contributed by atoms with Gasteiger partial charge in [-0.3, -0.25) is 4.72 Å². The number of hydrogen-bond acceptors (Lipinski definition) is 4. The van der Waals surface area contributed by atoms with Crippen LogP contribution in [-0.4, -0.2) is 23.2 Å². The standard InChI is InChI=1S/C17H18N4O2S/c1-12-8-13(2)17(14(3)9-12)24(22,23)20-15-4-6-16(7-5-15)21-11-18-10-19-21/h4-11,20H,1-3H3. The van der Waals surface area contributed by atoms with E-state index < -0.39 is 10.0 Å². The van der Waals surface area contributed by atoms with Crippen molar-refractivity contribution < 1.29 is 8.42 Å². The molecule has 6 nitrogen and oxygen atoms in total. The third-order valence-electron chi connectivity index (χ3n) is 3.68. The average molecular weight is 342 g/mol. The van der Waals surface area contributed by atoms with Crippen LogP contribution in [0.2, 0.25) is 0 Å². The normalized spacial score (nSPS) is 11.5. The topological polar surface area (TPSA) is 76.9 Å². The molecule has 0 saturated carbocycles. The second-order valence-electron chi connectivity index (χ2n) is 5.72. The molecule has 1 aromatic heterocycles. The highest BCUT2D eigenvalue weighted by Gasteiger charge is 2.20. The van der Waals surface area contributed by atoms with Gasteiger partial charge in [0.05, 0.1) is 10.6 Å². The van der Waals surface area contributed by atoms with Gasteiger partial charge in [0.1, 0.15) is 12.7 Å². The molecule has 2 aromatic carbocycles. The van der Waals surface area contributed by atoms with Crippen LogP contribution in [0, 0.1) is 20.8 Å². The van der Waals surface area contributed by atoms with E-state index >= 15 is 0 Å². The minimum Gasteiger partial charge on any atom is -0.280 e. The van der Waals surface area contributed by atoms with Gasteiger partial charge in [-0.1, -0.05) is 17.7 Å². The number of aromatic nitrogens is 3. The van der Waals surface area contributed by atoms with Crippen molar-refractivity contribution in [3.63, 3.8) is 0 Å². The molecule has 0 aliphatic carbocycles. The summed E-state index contributed by atoms with van der Waals surface area (Å²) in [6, 6.07) is 10.7. The van der Waals surface area contributed by atoms with Crippen molar-refractivity contribution in [1.29, 1.82) is 0 Å². The summed E-state index contributed by atoms with van der Waals surface area (Å²) in [4.78, 5) is 4.21. The minimum atomic E-state index is -3.64. The zero-order valence-electron chi connectivity index (χ0n) is 13.7. The summed E-state index contributed by atoms with van der Waals surface area (Å²) in [6.07, 6.45) is 3.03. The minimum absolute atomic E-state index is 0.327. The van der Waals surface area contributed by atoms with Gasteiger partial charge in [0.15, 0.2) is 0 Å². The lowest BCUT2D eigenvalue weighted by molar-refractivity contribution is 0.600. The summed E-state index contributed by atoms with van der Waals surface area (Å²) in [5.74, 6) is 0. The molecule has 0 bridgehead atoms. The number of aryl methyl sites for hydroxylation is 3. The van der Waals surface area contributed by atoms with Crippen LogP contribution in [0.15, 0.2) is 53.9 Å². The van der Waals surface area contributed by atoms with E-state index in [4.69, 9.17) is 0 Å². The first kappa shape index (κ1) is 16.2. The smallest absolute Gasteiger partial charge is 0.262 e. The van der Waals surface area contributed by atoms with Crippen LogP contribution >= 0.6 is 0 Å². The number of sulfonamides is 1. The second-order valence-corrected chi connectivity index (χ2v) is 7.34. The van der Waals surface area contributed by atoms with Crippen molar-refractivity contribution >= 4 is 15.7 Å². The maximum Gasteiger partial charge on any atom is 0.262 e. The Kier molecular flexibility index (Phi) is 4.11. The quantitative estimate of drug-likeness (QED) is 0.791. The number of anilines is 1. The number of rotatable bonds is 4. The van der Waals surface area contributed by atoms with Crippen LogP contribution in [-0.2, 0) is 10.0 Å². The van der Waals surface area contributed by atoms with Crippen LogP contribution in [0.3, 0.4) is 0 Å². The molecule has 0 aliphatic rings. The highest BCUT2D eigenvalue weighted by Crippen LogP contribution is 2.24. The van der Waals surface area contributed by atoms with Crippen molar-refractivity contribution in [3.8, 4) is 5.69 Å². The molecule has 0 aliphatic heterocycles. The molecule has 1 heterocycles. The summed E-state index contributed by atoms with van der Waals surface area (Å²) >= 11 is 0. The Labute approximate surface area is 141 Å². The Morgan fingerprint density at radius 3 is 2.17 bits per heavy atom. The van der Waals surface area contributed by atoms with E-state index in [0.717, 1.165) is 22.4 Å². The maximum absolute atomic E-state index is 12.7. The highest BCUT2D eigenvalue weighted by atomic mass is 32.2. The molecule has 7 heteroatoms. The van der Waals surface area contributed by atoms with Crippen LogP contribution in [0.5, 0.6) is 0 Å². The number of nitrogens with zero attached hydrogens (tertiary/aromatic N) is 3. The molecule has 0 saturated heterocycles. The molecule has 0 amide bonds. The Morgan fingerprint density at radius 1 is 1.00 bits per heavy atom. The zero-order chi connectivity index (χ0) is 17.3. The highest BCUT2D eigenvalue weighted by molar-refractivity contribution is 7.92. The largest absolute Gasteiger partial charge is 0.280 e. The van der Waals surface area contributed by atoms with Gasteiger partial charge in [0, 0.05) is 5.69 Å². The summed E-state index contributed by atoms with van der Waals surface area (Å²) in [7, 11) is -3.64. The van der Waals surface area contributed by atoms with Crippen molar-refractivity contribution in [1.82, 2.24) is 14.8 Å². The fraction of sp³-hybridized carbons (Fsp3) is 0.176. The first-order chi connectivity index (χ1) is 11.4. The Morgan fingerprint density at radius 2 is 1.62 bits per heavy atom. The van der Waals surface area contributed by atoms with Crippen molar-refractivity contribution in [2.75, 3.05) is 4.72 Å². The van der Waals surface area contributed by atoms with Crippen LogP contribution in [0.4, 0.5) is 5.69 Å². The van der Waals surface area contributed by atoms with E-state index in [2.05, 4.69) is 14.8 Å². The van der Waals surface area contributed by atoms with Gasteiger partial charge in [-0.15, -0.1) is 0 Å². The second kappa shape index (κ2) is 6.09. The van der Waals surface area contributed by atoms with E-state index in [-0.39, 0.29) is 0 Å². The van der Waals surface area contributed by atoms with E-state index in [1.54, 1.807) is 35.3 Å². The fourth-order valence-corrected chi connectivity index (χ4v) is 4.33. The van der Waals surface area contributed by atoms with E-state index in [0.29, 0.717) is 10.6 Å². The van der Waals surface area contributed by atoms with Crippen LogP contribution in [0.1, 0.15) is 16.7 Å². The van der Waals surface area contributed by atoms with Gasteiger partial charge in [0.2, 0.25) is 0 Å². The Bertz CT molecular complexity index is 939. The van der Waals surface area contributed by atoms with Crippen molar-refractivity contribution in [3.05, 3.63) is 65.7 Å². The lowest BCUT2D eigenvalue weighted by Crippen LogP contribution is -2.16. The number of benzene rings is 2. The number of nitrogens with one attached hydrogen (secondary N) is 1. The molecule has 0 atom stereocenters. The van der Waals surface area contributed by atoms with E-state index in [1.165, 1.54) is 6.33 Å². The molecule has 0 unspecified atom stereocenters. The first-order valence-electron chi connectivity index (χ1n) is 7.42. The predicted octanol–water partition coefficient (Wildman–Crippen LogP) is 2.99. The maximum atomic E-state index is 12.7. The van der Waals surface area contributed by atoms with Gasteiger partial charge in [0.25, 0.3) is 10.0 Å². The molecule has 24 heavy (non-hydrogen) atoms. The van der Waals surface area contributed by atoms with Gasteiger partial charge < -0.3 is 0 Å². The van der Waals surface area contributed by atoms with Crippen molar-refractivity contribution in [2.24, 2.45) is 0 Å². The van der Waals surface area contributed by atoms with E-state index in [9.17, 15) is 8.42 Å². The van der Waals surface area contributed by atoms with Gasteiger partial charge in [-0.2, -0.15) is 5.10 Å². The summed E-state index contributed by atoms with van der Waals surface area (Å²) < 4.78 is 29.7. The molecule has 0 radical (unpaired) electrons. The Balaban J connectivity index is 1.90. The molecule has 1 N–H and O–H groups in total. The molecule has 0 spiro atoms. The van der Waals surface area contributed by atoms with Crippen LogP contribution in [0.25, 0.3) is 5.69 Å². The molecular formula is C17H18N4O2S. The first-order valence-corrected chi connectivity index (χ1v) is 8.91. The van der Waals surface area contributed by atoms with Gasteiger partial charge in [-0.05, 0) is 56.2 Å². The fourth-order valence-electron chi connectivity index (χ4n) is 2.82. The SMILES string of the molecule is Cc1cc(C)c(S(=O)(=O)Nc2ccc(-n3cncn3)cc2)c(C)c1. The summed E-state index contributed by atoms with van der Waals surface area (Å²) in [6.45, 7) is 5.57. The average Bonchev–Trinajstić information content (AvgIpc) is 3.00. The summed E-state index contributed by atoms with van der Waals surface area (Å²) in [5, 5.41) is 4.04. The predicted molar refractivity (Wildman–Crippen MR) is 92.8 cm³/mol. The zero-order valence-corrected chi connectivity index (χ0v) is 14.5. The summed E-state index contributed by atoms with van der Waals surface area (Å²) in [5.41, 5.74) is 3.82. The molecule has 124 valence electrons. The molecular weight excluding hydrogens is 324 g/mol. The molecule has 3 rings (SSSR count). The third kappa shape index (κ3) is 3.16. The van der Waals surface area contributed by atoms with E-state index in [1.807, 2.05) is 32.9 Å². The number of hydrogen-bond donors (Lipinski definition) is 1.